The number of fused-ring (bicyclic) bond motifs is 1. The number of aromatic nitrogens is 1. The van der Waals surface area contributed by atoms with Crippen molar-refractivity contribution in [3.8, 4) is 0 Å². The number of esters is 1. The number of allylic oxidation sites excluding steroid dienone is 1. The fraction of sp³-hybridized carbons (Fsp3) is 0.161. The molecule has 0 spiro atoms. The fourth-order valence-electron chi connectivity index (χ4n) is 4.18. The number of halogens is 1. The van der Waals surface area contributed by atoms with Crippen LogP contribution in [0.3, 0.4) is 0 Å². The molecule has 0 radical (unpaired) electrons. The second-order valence-electron chi connectivity index (χ2n) is 8.65. The first-order valence-electron chi connectivity index (χ1n) is 11.6. The number of nitrogens with zero attached hydrogens (tertiary/aromatic N) is 1. The first-order valence-corrected chi connectivity index (χ1v) is 12.0. The van der Waals surface area contributed by atoms with E-state index in [2.05, 4.69) is 29.8 Å². The van der Waals surface area contributed by atoms with Gasteiger partial charge in [0.25, 0.3) is 0 Å². The Kier molecular flexibility index (Phi) is 7.79. The number of carbonyl (C=O) groups is 1. The number of hydrogen-bond acceptors (Lipinski definition) is 3. The molecule has 0 aliphatic heterocycles. The molecule has 1 unspecified atom stereocenters. The normalized spacial score (nSPS) is 12.1. The summed E-state index contributed by atoms with van der Waals surface area (Å²) in [7, 11) is 0. The second kappa shape index (κ2) is 11.2. The molecule has 35 heavy (non-hydrogen) atoms. The van der Waals surface area contributed by atoms with Gasteiger partial charge in [0, 0.05) is 17.3 Å². The monoisotopic (exact) mass is 481 g/mol. The third-order valence-electron chi connectivity index (χ3n) is 5.87. The maximum absolute atomic E-state index is 11.9. The van der Waals surface area contributed by atoms with E-state index in [1.807, 2.05) is 79.7 Å². The third-order valence-corrected chi connectivity index (χ3v) is 6.10. The molecule has 0 saturated heterocycles. The van der Waals surface area contributed by atoms with E-state index in [-0.39, 0.29) is 12.1 Å². The van der Waals surface area contributed by atoms with Gasteiger partial charge in [-0.2, -0.15) is 0 Å². The van der Waals surface area contributed by atoms with Gasteiger partial charge in [0.1, 0.15) is 6.10 Å². The minimum atomic E-state index is -0.333. The van der Waals surface area contributed by atoms with Crippen molar-refractivity contribution >= 4 is 46.2 Å². The Bertz CT molecular complexity index is 1410. The molecule has 0 saturated carbocycles. The lowest BCUT2D eigenvalue weighted by Gasteiger charge is -2.19. The molecule has 4 heteroatoms. The summed E-state index contributed by atoms with van der Waals surface area (Å²) in [4.78, 5) is 16.6. The fourth-order valence-corrected chi connectivity index (χ4v) is 4.35. The van der Waals surface area contributed by atoms with Crippen LogP contribution in [0.15, 0.2) is 85.4 Å². The summed E-state index contributed by atoms with van der Waals surface area (Å²) in [5, 5.41) is 1.72. The van der Waals surface area contributed by atoms with E-state index in [1.54, 1.807) is 0 Å². The maximum Gasteiger partial charge on any atom is 0.303 e. The van der Waals surface area contributed by atoms with Crippen LogP contribution in [0.2, 0.25) is 5.02 Å². The van der Waals surface area contributed by atoms with Crippen molar-refractivity contribution < 1.29 is 9.53 Å². The molecule has 0 amide bonds. The van der Waals surface area contributed by atoms with Gasteiger partial charge in [-0.1, -0.05) is 84.4 Å². The van der Waals surface area contributed by atoms with E-state index < -0.39 is 0 Å². The Morgan fingerprint density at radius 3 is 2.60 bits per heavy atom. The molecule has 0 fully saturated rings. The standard InChI is InChI=1S/C31H28ClNO2/c1-21(2)29-10-5-4-8-24(29)14-18-31(35-22(3)34)26-9-6-7-23(19-26)11-16-28-17-13-25-12-15-27(32)20-30(25)33-28/h4-13,15-17,19-20,31H,1,14,18H2,2-3H3. The molecule has 0 bridgehead atoms. The quantitative estimate of drug-likeness (QED) is 0.237. The molecule has 1 atom stereocenters. The van der Waals surface area contributed by atoms with E-state index in [0.29, 0.717) is 11.4 Å². The lowest BCUT2D eigenvalue weighted by Crippen LogP contribution is -2.10. The Hall–Kier alpha value is -3.69. The molecule has 3 nitrogen and oxygen atoms in total. The summed E-state index contributed by atoms with van der Waals surface area (Å²) in [6, 6.07) is 26.0. The molecular weight excluding hydrogens is 454 g/mol. The first-order chi connectivity index (χ1) is 16.9. The average Bonchev–Trinajstić information content (AvgIpc) is 2.85. The van der Waals surface area contributed by atoms with Crippen LogP contribution in [0, 0.1) is 0 Å². The zero-order chi connectivity index (χ0) is 24.8. The highest BCUT2D eigenvalue weighted by molar-refractivity contribution is 6.31. The summed E-state index contributed by atoms with van der Waals surface area (Å²) in [5.41, 5.74) is 7.06. The summed E-state index contributed by atoms with van der Waals surface area (Å²) in [5.74, 6) is -0.289. The van der Waals surface area contributed by atoms with Crippen LogP contribution >= 0.6 is 11.6 Å². The van der Waals surface area contributed by atoms with E-state index in [4.69, 9.17) is 16.3 Å². The summed E-state index contributed by atoms with van der Waals surface area (Å²) >= 11 is 6.12. The molecule has 3 aromatic carbocycles. The molecule has 176 valence electrons. The molecule has 0 aliphatic rings. The van der Waals surface area contributed by atoms with Gasteiger partial charge in [0.15, 0.2) is 0 Å². The van der Waals surface area contributed by atoms with Crippen molar-refractivity contribution in [2.45, 2.75) is 32.8 Å². The van der Waals surface area contributed by atoms with Crippen molar-refractivity contribution in [1.82, 2.24) is 4.98 Å². The molecule has 0 aliphatic carbocycles. The van der Waals surface area contributed by atoms with Crippen LogP contribution in [0.5, 0.6) is 0 Å². The minimum Gasteiger partial charge on any atom is -0.458 e. The van der Waals surface area contributed by atoms with Crippen molar-refractivity contribution in [3.05, 3.63) is 118 Å². The SMILES string of the molecule is C=C(C)c1ccccc1CCC(OC(C)=O)c1cccc(C=Cc2ccc3ccc(Cl)cc3n2)c1. The molecule has 0 N–H and O–H groups in total. The third kappa shape index (κ3) is 6.46. The summed E-state index contributed by atoms with van der Waals surface area (Å²) in [6.45, 7) is 7.56. The number of carbonyl (C=O) groups excluding carboxylic acids is 1. The van der Waals surface area contributed by atoms with Gasteiger partial charge < -0.3 is 4.74 Å². The Balaban J connectivity index is 1.54. The van der Waals surface area contributed by atoms with Crippen molar-refractivity contribution in [3.63, 3.8) is 0 Å². The maximum atomic E-state index is 11.9. The van der Waals surface area contributed by atoms with Gasteiger partial charge >= 0.3 is 5.97 Å². The van der Waals surface area contributed by atoms with Crippen LogP contribution < -0.4 is 0 Å². The number of benzene rings is 3. The Morgan fingerprint density at radius 1 is 1.00 bits per heavy atom. The van der Waals surface area contributed by atoms with Crippen LogP contribution in [-0.4, -0.2) is 11.0 Å². The number of hydrogen-bond donors (Lipinski definition) is 0. The van der Waals surface area contributed by atoms with E-state index in [9.17, 15) is 4.79 Å². The van der Waals surface area contributed by atoms with E-state index >= 15 is 0 Å². The molecule has 4 rings (SSSR count). The lowest BCUT2D eigenvalue weighted by atomic mass is 9.95. The van der Waals surface area contributed by atoms with E-state index in [0.717, 1.165) is 45.3 Å². The lowest BCUT2D eigenvalue weighted by molar-refractivity contribution is -0.147. The zero-order valence-corrected chi connectivity index (χ0v) is 20.8. The smallest absolute Gasteiger partial charge is 0.303 e. The largest absolute Gasteiger partial charge is 0.458 e. The number of ether oxygens (including phenoxy) is 1. The Labute approximate surface area is 211 Å². The number of aryl methyl sites for hydroxylation is 1. The van der Waals surface area contributed by atoms with Crippen LogP contribution in [0.25, 0.3) is 28.6 Å². The van der Waals surface area contributed by atoms with Gasteiger partial charge in [0.05, 0.1) is 11.2 Å². The van der Waals surface area contributed by atoms with Gasteiger partial charge in [-0.05, 0) is 72.4 Å². The summed E-state index contributed by atoms with van der Waals surface area (Å²) in [6.07, 6.45) is 5.13. The minimum absolute atomic E-state index is 0.289. The van der Waals surface area contributed by atoms with Crippen molar-refractivity contribution in [2.24, 2.45) is 0 Å². The van der Waals surface area contributed by atoms with E-state index in [1.165, 1.54) is 12.5 Å². The highest BCUT2D eigenvalue weighted by Gasteiger charge is 2.16. The van der Waals surface area contributed by atoms with Gasteiger partial charge in [-0.15, -0.1) is 0 Å². The molecule has 4 aromatic rings. The first kappa shape index (κ1) is 24.4. The van der Waals surface area contributed by atoms with Gasteiger partial charge in [-0.25, -0.2) is 4.98 Å². The molecular formula is C31H28ClNO2. The zero-order valence-electron chi connectivity index (χ0n) is 20.0. The highest BCUT2D eigenvalue weighted by Crippen LogP contribution is 2.27. The predicted molar refractivity (Wildman–Crippen MR) is 146 cm³/mol. The van der Waals surface area contributed by atoms with Crippen molar-refractivity contribution in [1.29, 1.82) is 0 Å². The molecule has 1 aromatic heterocycles. The van der Waals surface area contributed by atoms with Crippen LogP contribution in [-0.2, 0) is 16.0 Å². The van der Waals surface area contributed by atoms with Crippen molar-refractivity contribution in [2.75, 3.05) is 0 Å². The predicted octanol–water partition coefficient (Wildman–Crippen LogP) is 8.33. The van der Waals surface area contributed by atoms with Crippen LogP contribution in [0.4, 0.5) is 0 Å². The Morgan fingerprint density at radius 2 is 1.80 bits per heavy atom. The van der Waals surface area contributed by atoms with Crippen LogP contribution in [0.1, 0.15) is 54.3 Å². The topological polar surface area (TPSA) is 39.2 Å². The number of pyridine rings is 1. The highest BCUT2D eigenvalue weighted by atomic mass is 35.5. The van der Waals surface area contributed by atoms with Gasteiger partial charge in [-0.3, -0.25) is 4.79 Å². The summed E-state index contributed by atoms with van der Waals surface area (Å²) < 4.78 is 5.73. The second-order valence-corrected chi connectivity index (χ2v) is 9.09. The van der Waals surface area contributed by atoms with Gasteiger partial charge in [0.2, 0.25) is 0 Å². The number of rotatable bonds is 8. The average molecular weight is 482 g/mol. The molecule has 1 heterocycles.